The van der Waals surface area contributed by atoms with Crippen LogP contribution in [0.5, 0.6) is 5.75 Å². The number of aromatic nitrogens is 1. The van der Waals surface area contributed by atoms with Gasteiger partial charge in [-0.25, -0.2) is 4.79 Å². The molecule has 2 aliphatic rings. The van der Waals surface area contributed by atoms with Gasteiger partial charge >= 0.3 is 12.1 Å². The number of nitrogens with zero attached hydrogens (tertiary/aromatic N) is 2. The molecule has 2 aliphatic carbocycles. The molecule has 0 saturated heterocycles. The molecule has 184 valence electrons. The van der Waals surface area contributed by atoms with Gasteiger partial charge in [0.1, 0.15) is 12.4 Å². The summed E-state index contributed by atoms with van der Waals surface area (Å²) >= 11 is 0. The number of rotatable bonds is 9. The number of carbonyl (C=O) groups is 2. The summed E-state index contributed by atoms with van der Waals surface area (Å²) in [5.74, 6) is 0.917. The topological polar surface area (TPSA) is 102 Å². The predicted octanol–water partition coefficient (Wildman–Crippen LogP) is 5.43. The maximum Gasteiger partial charge on any atom is 0.409 e. The molecular weight excluding hydrogens is 436 g/mol. The number of amides is 1. The largest absolute Gasteiger partial charge is 0.490 e. The fraction of sp³-hybridized carbons (Fsp3) is 0.577. The summed E-state index contributed by atoms with van der Waals surface area (Å²) in [7, 11) is 1.77. The highest BCUT2D eigenvalue weighted by Gasteiger charge is 2.28. The van der Waals surface area contributed by atoms with Gasteiger partial charge in [0.15, 0.2) is 5.76 Å². The van der Waals surface area contributed by atoms with Crippen LogP contribution >= 0.6 is 0 Å². The monoisotopic (exact) mass is 470 g/mol. The van der Waals surface area contributed by atoms with Crippen molar-refractivity contribution in [2.24, 2.45) is 11.8 Å². The van der Waals surface area contributed by atoms with Gasteiger partial charge in [0.25, 0.3) is 0 Å². The Morgan fingerprint density at radius 1 is 1.15 bits per heavy atom. The van der Waals surface area contributed by atoms with E-state index < -0.39 is 5.97 Å². The van der Waals surface area contributed by atoms with Crippen molar-refractivity contribution in [1.29, 1.82) is 0 Å². The first-order valence-electron chi connectivity index (χ1n) is 12.2. The molecule has 0 spiro atoms. The van der Waals surface area contributed by atoms with Gasteiger partial charge in [-0.2, -0.15) is 0 Å². The lowest BCUT2D eigenvalue weighted by atomic mass is 9.83. The van der Waals surface area contributed by atoms with Gasteiger partial charge in [-0.1, -0.05) is 24.4 Å². The summed E-state index contributed by atoms with van der Waals surface area (Å²) < 4.78 is 17.1. The van der Waals surface area contributed by atoms with E-state index in [1.807, 2.05) is 31.2 Å². The first-order valence-corrected chi connectivity index (χ1v) is 12.2. The Bertz CT molecular complexity index is 982. The van der Waals surface area contributed by atoms with Crippen molar-refractivity contribution in [3.63, 3.8) is 0 Å². The number of aryl methyl sites for hydroxylation is 1. The van der Waals surface area contributed by atoms with Crippen LogP contribution in [0.15, 0.2) is 28.8 Å². The van der Waals surface area contributed by atoms with Crippen LogP contribution < -0.4 is 4.74 Å². The van der Waals surface area contributed by atoms with Crippen molar-refractivity contribution in [2.45, 2.75) is 71.0 Å². The van der Waals surface area contributed by atoms with E-state index in [1.165, 1.54) is 19.3 Å². The molecule has 1 amide bonds. The SMILES string of the molecule is Cc1noc(-c2ccc(O[C@H]3CCC[C@H](C(=O)O)C3)cc2)c1COC(=O)N(C)CCC1CCC1. The molecule has 1 aromatic carbocycles. The van der Waals surface area contributed by atoms with E-state index in [2.05, 4.69) is 5.16 Å². The zero-order valence-corrected chi connectivity index (χ0v) is 20.0. The minimum absolute atomic E-state index is 0.0914. The Morgan fingerprint density at radius 2 is 1.88 bits per heavy atom. The van der Waals surface area contributed by atoms with Gasteiger partial charge in [0.2, 0.25) is 0 Å². The minimum atomic E-state index is -0.748. The summed E-state index contributed by atoms with van der Waals surface area (Å²) in [5.41, 5.74) is 2.23. The normalized spacial score (nSPS) is 20.4. The van der Waals surface area contributed by atoms with Gasteiger partial charge < -0.3 is 24.0 Å². The predicted molar refractivity (Wildman–Crippen MR) is 125 cm³/mol. The Morgan fingerprint density at radius 3 is 2.56 bits per heavy atom. The molecule has 0 radical (unpaired) electrons. The second-order valence-corrected chi connectivity index (χ2v) is 9.60. The van der Waals surface area contributed by atoms with Crippen molar-refractivity contribution in [2.75, 3.05) is 13.6 Å². The Labute approximate surface area is 200 Å². The molecule has 1 heterocycles. The summed E-state index contributed by atoms with van der Waals surface area (Å²) in [5, 5.41) is 13.3. The second kappa shape index (κ2) is 10.9. The van der Waals surface area contributed by atoms with Gasteiger partial charge in [-0.3, -0.25) is 4.79 Å². The Kier molecular flexibility index (Phi) is 7.75. The lowest BCUT2D eigenvalue weighted by molar-refractivity contribution is -0.143. The van der Waals surface area contributed by atoms with Crippen LogP contribution in [0, 0.1) is 18.8 Å². The molecular formula is C26H34N2O6. The second-order valence-electron chi connectivity index (χ2n) is 9.60. The zero-order chi connectivity index (χ0) is 24.1. The zero-order valence-electron chi connectivity index (χ0n) is 20.0. The molecule has 0 unspecified atom stereocenters. The number of ether oxygens (including phenoxy) is 2. The maximum absolute atomic E-state index is 12.4. The first-order chi connectivity index (χ1) is 16.4. The summed E-state index contributed by atoms with van der Waals surface area (Å²) in [6.07, 6.45) is 7.37. The van der Waals surface area contributed by atoms with Crippen molar-refractivity contribution in [1.82, 2.24) is 10.1 Å². The van der Waals surface area contributed by atoms with Gasteiger partial charge in [0, 0.05) is 19.2 Å². The third kappa shape index (κ3) is 5.90. The number of carboxylic acid groups (broad SMARTS) is 1. The van der Waals surface area contributed by atoms with Crippen molar-refractivity contribution >= 4 is 12.1 Å². The van der Waals surface area contributed by atoms with Crippen LogP contribution in [-0.4, -0.2) is 46.9 Å². The lowest BCUT2D eigenvalue weighted by Crippen LogP contribution is -2.30. The van der Waals surface area contributed by atoms with E-state index in [-0.39, 0.29) is 24.7 Å². The van der Waals surface area contributed by atoms with Crippen molar-refractivity contribution in [3.8, 4) is 17.1 Å². The Balaban J connectivity index is 1.33. The highest BCUT2D eigenvalue weighted by Crippen LogP contribution is 2.32. The third-order valence-corrected chi connectivity index (χ3v) is 7.13. The highest BCUT2D eigenvalue weighted by molar-refractivity contribution is 5.70. The smallest absolute Gasteiger partial charge is 0.409 e. The summed E-state index contributed by atoms with van der Waals surface area (Å²) in [6.45, 7) is 2.62. The molecule has 8 nitrogen and oxygen atoms in total. The third-order valence-electron chi connectivity index (χ3n) is 7.13. The average Bonchev–Trinajstić information content (AvgIpc) is 3.17. The molecule has 2 saturated carbocycles. The number of carboxylic acids is 1. The summed E-state index contributed by atoms with van der Waals surface area (Å²) in [4.78, 5) is 25.3. The Hall–Kier alpha value is -3.03. The minimum Gasteiger partial charge on any atom is -0.490 e. The molecule has 4 rings (SSSR count). The fourth-order valence-corrected chi connectivity index (χ4v) is 4.63. The molecule has 0 bridgehead atoms. The number of carbonyl (C=O) groups excluding carboxylic acids is 1. The fourth-order valence-electron chi connectivity index (χ4n) is 4.63. The van der Waals surface area contributed by atoms with E-state index in [0.717, 1.165) is 36.3 Å². The van der Waals surface area contributed by atoms with E-state index in [4.69, 9.17) is 14.0 Å². The quantitative estimate of drug-likeness (QED) is 0.521. The van der Waals surface area contributed by atoms with Crippen LogP contribution in [0.4, 0.5) is 4.79 Å². The average molecular weight is 471 g/mol. The molecule has 1 N–H and O–H groups in total. The van der Waals surface area contributed by atoms with Crippen LogP contribution in [0.1, 0.15) is 62.6 Å². The molecule has 34 heavy (non-hydrogen) atoms. The van der Waals surface area contributed by atoms with Crippen LogP contribution in [0.25, 0.3) is 11.3 Å². The molecule has 8 heteroatoms. The van der Waals surface area contributed by atoms with Crippen molar-refractivity contribution < 1.29 is 28.7 Å². The lowest BCUT2D eigenvalue weighted by Gasteiger charge is -2.27. The van der Waals surface area contributed by atoms with Gasteiger partial charge in [-0.15, -0.1) is 0 Å². The first kappa shape index (κ1) is 24.1. The number of hydrogen-bond donors (Lipinski definition) is 1. The molecule has 2 aromatic rings. The highest BCUT2D eigenvalue weighted by atomic mass is 16.6. The van der Waals surface area contributed by atoms with Gasteiger partial charge in [0.05, 0.1) is 23.3 Å². The van der Waals surface area contributed by atoms with Crippen molar-refractivity contribution in [3.05, 3.63) is 35.5 Å². The van der Waals surface area contributed by atoms with Gasteiger partial charge in [-0.05, 0) is 69.2 Å². The molecule has 1 aromatic heterocycles. The van der Waals surface area contributed by atoms with Crippen LogP contribution in [0.3, 0.4) is 0 Å². The standard InChI is InChI=1S/C26H34N2O6/c1-17-23(16-32-26(31)28(2)14-13-18-5-3-6-18)24(34-27-17)19-9-11-21(12-10-19)33-22-8-4-7-20(15-22)25(29)30/h9-12,18,20,22H,3-8,13-16H2,1-2H3,(H,29,30)/t20-,22-/m0/s1. The number of hydrogen-bond acceptors (Lipinski definition) is 6. The summed E-state index contributed by atoms with van der Waals surface area (Å²) in [6, 6.07) is 7.45. The van der Waals surface area contributed by atoms with E-state index in [9.17, 15) is 14.7 Å². The van der Waals surface area contributed by atoms with E-state index in [0.29, 0.717) is 36.6 Å². The maximum atomic E-state index is 12.4. The molecule has 2 atom stereocenters. The van der Waals surface area contributed by atoms with E-state index >= 15 is 0 Å². The van der Waals surface area contributed by atoms with E-state index in [1.54, 1.807) is 11.9 Å². The number of benzene rings is 1. The molecule has 2 fully saturated rings. The number of aliphatic carboxylic acids is 1. The van der Waals surface area contributed by atoms with Crippen LogP contribution in [0.2, 0.25) is 0 Å². The van der Waals surface area contributed by atoms with Crippen LogP contribution in [-0.2, 0) is 16.1 Å². The molecule has 0 aliphatic heterocycles.